The summed E-state index contributed by atoms with van der Waals surface area (Å²) in [5.74, 6) is -0.214. The van der Waals surface area contributed by atoms with E-state index in [0.717, 1.165) is 0 Å². The fraction of sp³-hybridized carbons (Fsp3) is 0.250. The molecule has 7 nitrogen and oxygen atoms in total. The molecule has 1 aromatic heterocycles. The van der Waals surface area contributed by atoms with Crippen LogP contribution < -0.4 is 15.4 Å². The van der Waals surface area contributed by atoms with Crippen molar-refractivity contribution in [3.8, 4) is 5.75 Å². The lowest BCUT2D eigenvalue weighted by atomic mass is 10.2. The van der Waals surface area contributed by atoms with Crippen LogP contribution in [0.5, 0.6) is 5.75 Å². The molecule has 0 aliphatic carbocycles. The molecule has 122 valence electrons. The number of carboxylic acids is 1. The zero-order valence-electron chi connectivity index (χ0n) is 12.6. The van der Waals surface area contributed by atoms with Crippen LogP contribution in [0.1, 0.15) is 12.2 Å². The predicted octanol–water partition coefficient (Wildman–Crippen LogP) is 1.86. The van der Waals surface area contributed by atoms with Gasteiger partial charge >= 0.3 is 5.97 Å². The monoisotopic (exact) mass is 318 g/mol. The first-order valence-corrected chi connectivity index (χ1v) is 7.01. The summed E-state index contributed by atoms with van der Waals surface area (Å²) < 4.78 is 10.1. The highest BCUT2D eigenvalue weighted by Gasteiger charge is 2.21. The molecule has 0 bridgehead atoms. The Bertz CT molecular complexity index is 637. The van der Waals surface area contributed by atoms with Crippen molar-refractivity contribution in [3.63, 3.8) is 0 Å². The van der Waals surface area contributed by atoms with Crippen molar-refractivity contribution in [2.45, 2.75) is 19.0 Å². The van der Waals surface area contributed by atoms with E-state index in [4.69, 9.17) is 9.15 Å². The molecule has 0 fully saturated rings. The Kier molecular flexibility index (Phi) is 5.76. The number of carbonyl (C=O) groups is 2. The second-order valence-electron chi connectivity index (χ2n) is 4.83. The van der Waals surface area contributed by atoms with E-state index in [2.05, 4.69) is 10.6 Å². The minimum absolute atomic E-state index is 0.192. The number of benzene rings is 1. The van der Waals surface area contributed by atoms with E-state index < -0.39 is 17.9 Å². The highest BCUT2D eigenvalue weighted by atomic mass is 16.5. The maximum absolute atomic E-state index is 12.0. The Morgan fingerprint density at radius 1 is 1.26 bits per heavy atom. The third kappa shape index (κ3) is 5.15. The van der Waals surface area contributed by atoms with E-state index in [1.54, 1.807) is 43.5 Å². The van der Waals surface area contributed by atoms with Crippen LogP contribution in [0.2, 0.25) is 0 Å². The molecule has 0 saturated heterocycles. The molecule has 2 rings (SSSR count). The largest absolute Gasteiger partial charge is 0.497 e. The summed E-state index contributed by atoms with van der Waals surface area (Å²) in [5.41, 5.74) is 0.575. The zero-order chi connectivity index (χ0) is 16.7. The molecule has 1 aromatic carbocycles. The number of nitrogens with one attached hydrogen (secondary N) is 2. The molecule has 0 saturated carbocycles. The number of ether oxygens (including phenoxy) is 1. The molecule has 7 heteroatoms. The van der Waals surface area contributed by atoms with Gasteiger partial charge in [0.05, 0.1) is 26.3 Å². The van der Waals surface area contributed by atoms with Crippen LogP contribution in [0.4, 0.5) is 5.69 Å². The number of furan rings is 1. The van der Waals surface area contributed by atoms with Crippen molar-refractivity contribution in [2.24, 2.45) is 0 Å². The molecule has 0 radical (unpaired) electrons. The lowest BCUT2D eigenvalue weighted by Crippen LogP contribution is -2.39. The first-order chi connectivity index (χ1) is 11.1. The number of rotatable bonds is 8. The number of aliphatic carboxylic acids is 1. The Morgan fingerprint density at radius 3 is 2.57 bits per heavy atom. The van der Waals surface area contributed by atoms with Crippen molar-refractivity contribution >= 4 is 17.6 Å². The normalized spacial score (nSPS) is 11.7. The van der Waals surface area contributed by atoms with Gasteiger partial charge in [0.25, 0.3) is 0 Å². The number of amides is 1. The van der Waals surface area contributed by atoms with Gasteiger partial charge in [-0.3, -0.25) is 14.9 Å². The third-order valence-electron chi connectivity index (χ3n) is 3.16. The fourth-order valence-corrected chi connectivity index (χ4v) is 1.96. The van der Waals surface area contributed by atoms with Gasteiger partial charge in [-0.1, -0.05) is 0 Å². The average Bonchev–Trinajstić information content (AvgIpc) is 3.05. The molecule has 3 N–H and O–H groups in total. The van der Waals surface area contributed by atoms with E-state index in [9.17, 15) is 14.7 Å². The first kappa shape index (κ1) is 16.6. The second-order valence-corrected chi connectivity index (χ2v) is 4.83. The SMILES string of the molecule is COc1ccc(NC(=O)C[C@@H](NCc2ccco2)C(=O)O)cc1. The Labute approximate surface area is 133 Å². The van der Waals surface area contributed by atoms with Crippen LogP contribution in [0.25, 0.3) is 0 Å². The van der Waals surface area contributed by atoms with Crippen LogP contribution in [0.15, 0.2) is 47.1 Å². The number of hydrogen-bond donors (Lipinski definition) is 3. The summed E-state index contributed by atoms with van der Waals surface area (Å²) in [4.78, 5) is 23.2. The lowest BCUT2D eigenvalue weighted by Gasteiger charge is -2.13. The van der Waals surface area contributed by atoms with Crippen molar-refractivity contribution in [1.82, 2.24) is 5.32 Å². The summed E-state index contributed by atoms with van der Waals surface area (Å²) in [7, 11) is 1.55. The van der Waals surface area contributed by atoms with E-state index in [0.29, 0.717) is 17.2 Å². The summed E-state index contributed by atoms with van der Waals surface area (Å²) in [6.07, 6.45) is 1.31. The van der Waals surface area contributed by atoms with Crippen molar-refractivity contribution in [3.05, 3.63) is 48.4 Å². The van der Waals surface area contributed by atoms with Gasteiger partial charge in [-0.25, -0.2) is 0 Å². The molecule has 2 aromatic rings. The van der Waals surface area contributed by atoms with Crippen LogP contribution in [-0.4, -0.2) is 30.1 Å². The molecule has 23 heavy (non-hydrogen) atoms. The average molecular weight is 318 g/mol. The molecule has 0 aliphatic heterocycles. The lowest BCUT2D eigenvalue weighted by molar-refractivity contribution is -0.141. The third-order valence-corrected chi connectivity index (χ3v) is 3.16. The molecular formula is C16H18N2O5. The van der Waals surface area contributed by atoms with Crippen molar-refractivity contribution < 1.29 is 23.8 Å². The van der Waals surface area contributed by atoms with Gasteiger partial charge in [-0.15, -0.1) is 0 Å². The quantitative estimate of drug-likeness (QED) is 0.687. The summed E-state index contributed by atoms with van der Waals surface area (Å²) in [6, 6.07) is 9.22. The van der Waals surface area contributed by atoms with Gasteiger partial charge < -0.3 is 19.6 Å². The second kappa shape index (κ2) is 8.00. The van der Waals surface area contributed by atoms with Crippen LogP contribution in [0, 0.1) is 0 Å². The van der Waals surface area contributed by atoms with Gasteiger partial charge in [-0.05, 0) is 36.4 Å². The number of carboxylic acid groups (broad SMARTS) is 1. The van der Waals surface area contributed by atoms with Crippen LogP contribution >= 0.6 is 0 Å². The van der Waals surface area contributed by atoms with Crippen LogP contribution in [-0.2, 0) is 16.1 Å². The van der Waals surface area contributed by atoms with E-state index in [1.165, 1.54) is 6.26 Å². The molecule has 1 atom stereocenters. The Morgan fingerprint density at radius 2 is 2.00 bits per heavy atom. The van der Waals surface area contributed by atoms with Crippen LogP contribution in [0.3, 0.4) is 0 Å². The topological polar surface area (TPSA) is 101 Å². The highest BCUT2D eigenvalue weighted by Crippen LogP contribution is 2.15. The Hall–Kier alpha value is -2.80. The number of carbonyl (C=O) groups excluding carboxylic acids is 1. The Balaban J connectivity index is 1.87. The number of anilines is 1. The summed E-state index contributed by atoms with van der Waals surface area (Å²) >= 11 is 0. The maximum Gasteiger partial charge on any atom is 0.321 e. The predicted molar refractivity (Wildman–Crippen MR) is 83.2 cm³/mol. The van der Waals surface area contributed by atoms with Gasteiger partial charge in [0, 0.05) is 5.69 Å². The minimum Gasteiger partial charge on any atom is -0.497 e. The summed E-state index contributed by atoms with van der Waals surface area (Å²) in [5, 5.41) is 14.6. The van der Waals surface area contributed by atoms with Gasteiger partial charge in [-0.2, -0.15) is 0 Å². The van der Waals surface area contributed by atoms with Crippen molar-refractivity contribution in [1.29, 1.82) is 0 Å². The summed E-state index contributed by atoms with van der Waals surface area (Å²) in [6.45, 7) is 0.236. The smallest absolute Gasteiger partial charge is 0.321 e. The zero-order valence-corrected chi connectivity index (χ0v) is 12.6. The van der Waals surface area contributed by atoms with Gasteiger partial charge in [0.15, 0.2) is 0 Å². The van der Waals surface area contributed by atoms with Gasteiger partial charge in [0.1, 0.15) is 17.6 Å². The molecule has 0 unspecified atom stereocenters. The van der Waals surface area contributed by atoms with E-state index in [-0.39, 0.29) is 13.0 Å². The highest BCUT2D eigenvalue weighted by molar-refractivity contribution is 5.94. The number of methoxy groups -OCH3 is 1. The first-order valence-electron chi connectivity index (χ1n) is 7.01. The molecule has 1 heterocycles. The molecule has 0 spiro atoms. The fourth-order valence-electron chi connectivity index (χ4n) is 1.96. The van der Waals surface area contributed by atoms with E-state index >= 15 is 0 Å². The molecule has 1 amide bonds. The molecule has 0 aliphatic rings. The van der Waals surface area contributed by atoms with Crippen molar-refractivity contribution in [2.75, 3.05) is 12.4 Å². The minimum atomic E-state index is -1.10. The number of hydrogen-bond acceptors (Lipinski definition) is 5. The standard InChI is InChI=1S/C16H18N2O5/c1-22-12-6-4-11(5-7-12)18-15(19)9-14(16(20)21)17-10-13-3-2-8-23-13/h2-8,14,17H,9-10H2,1H3,(H,18,19)(H,20,21)/t14-/m1/s1. The van der Waals surface area contributed by atoms with Gasteiger partial charge in [0.2, 0.25) is 5.91 Å². The molecular weight excluding hydrogens is 300 g/mol. The van der Waals surface area contributed by atoms with E-state index in [1.807, 2.05) is 0 Å². The maximum atomic E-state index is 12.0.